The summed E-state index contributed by atoms with van der Waals surface area (Å²) in [5.41, 5.74) is 1.23. The van der Waals surface area contributed by atoms with E-state index in [-0.39, 0.29) is 6.61 Å². The molecule has 1 unspecified atom stereocenters. The van der Waals surface area contributed by atoms with Crippen LogP contribution in [-0.2, 0) is 30.8 Å². The van der Waals surface area contributed by atoms with Gasteiger partial charge in [-0.15, -0.1) is 0 Å². The van der Waals surface area contributed by atoms with Crippen molar-refractivity contribution < 1.29 is 27.5 Å². The molecule has 2 aromatic rings. The molecule has 3 rings (SSSR count). The molecule has 31 heavy (non-hydrogen) atoms. The summed E-state index contributed by atoms with van der Waals surface area (Å²) in [6.07, 6.45) is 3.07. The zero-order valence-corrected chi connectivity index (χ0v) is 19.5. The molecule has 1 fully saturated rings. The van der Waals surface area contributed by atoms with E-state index in [4.69, 9.17) is 9.47 Å². The maximum atomic E-state index is 13.0. The number of hydrogen-bond acceptors (Lipinski definition) is 7. The third-order valence-corrected chi connectivity index (χ3v) is 7.41. The molecule has 1 aliphatic rings. The lowest BCUT2D eigenvalue weighted by Gasteiger charge is -2.31. The summed E-state index contributed by atoms with van der Waals surface area (Å²) in [5.74, 6) is -0.893. The first kappa shape index (κ1) is 23.6. The van der Waals surface area contributed by atoms with Crippen LogP contribution in [0.2, 0.25) is 0 Å². The van der Waals surface area contributed by atoms with Crippen molar-refractivity contribution in [1.82, 2.24) is 8.87 Å². The zero-order valence-electron chi connectivity index (χ0n) is 17.9. The Morgan fingerprint density at radius 2 is 2.06 bits per heavy atom. The number of carbonyl (C=O) groups is 2. The van der Waals surface area contributed by atoms with Gasteiger partial charge >= 0.3 is 5.97 Å². The molecule has 0 spiro atoms. The van der Waals surface area contributed by atoms with Crippen LogP contribution in [-0.4, -0.2) is 68.3 Å². The quantitative estimate of drug-likeness (QED) is 0.572. The van der Waals surface area contributed by atoms with E-state index in [1.54, 1.807) is 32.2 Å². The highest BCUT2D eigenvalue weighted by Gasteiger charge is 2.34. The number of amides is 1. The molecule has 1 atom stereocenters. The van der Waals surface area contributed by atoms with E-state index in [0.29, 0.717) is 36.5 Å². The largest absolute Gasteiger partial charge is 0.462 e. The van der Waals surface area contributed by atoms with E-state index < -0.39 is 27.9 Å². The van der Waals surface area contributed by atoms with Gasteiger partial charge in [0.2, 0.25) is 10.0 Å². The van der Waals surface area contributed by atoms with Gasteiger partial charge in [0, 0.05) is 20.2 Å². The molecular formula is C20H27N3O6S2. The molecule has 0 radical (unpaired) electrons. The fourth-order valence-corrected chi connectivity index (χ4v) is 5.84. The van der Waals surface area contributed by atoms with Gasteiger partial charge in [-0.1, -0.05) is 17.8 Å². The minimum atomic E-state index is -3.50. The van der Waals surface area contributed by atoms with Crippen molar-refractivity contribution in [3.63, 3.8) is 0 Å². The van der Waals surface area contributed by atoms with Crippen LogP contribution >= 0.6 is 11.3 Å². The van der Waals surface area contributed by atoms with Gasteiger partial charge in [-0.05, 0) is 38.0 Å². The number of hydrogen-bond donors (Lipinski definition) is 0. The van der Waals surface area contributed by atoms with Gasteiger partial charge in [0.05, 0.1) is 35.2 Å². The van der Waals surface area contributed by atoms with Crippen LogP contribution < -0.4 is 4.80 Å². The molecule has 2 heterocycles. The number of esters is 1. The third kappa shape index (κ3) is 5.40. The van der Waals surface area contributed by atoms with Crippen molar-refractivity contribution in [2.45, 2.75) is 38.8 Å². The Bertz CT molecular complexity index is 1140. The number of sulfonamides is 1. The maximum Gasteiger partial charge on any atom is 0.338 e. The minimum absolute atomic E-state index is 0.280. The predicted octanol–water partition coefficient (Wildman–Crippen LogP) is 1.77. The Balaban J connectivity index is 2.05. The lowest BCUT2D eigenvalue weighted by molar-refractivity contribution is -0.122. The molecule has 1 aromatic heterocycles. The molecule has 170 valence electrons. The van der Waals surface area contributed by atoms with E-state index in [9.17, 15) is 18.0 Å². The lowest BCUT2D eigenvalue weighted by Crippen LogP contribution is -2.47. The van der Waals surface area contributed by atoms with Crippen LogP contribution in [0.5, 0.6) is 0 Å². The van der Waals surface area contributed by atoms with Gasteiger partial charge in [0.25, 0.3) is 5.91 Å². The second-order valence-corrected chi connectivity index (χ2v) is 10.2. The van der Waals surface area contributed by atoms with Crippen LogP contribution in [0.25, 0.3) is 10.2 Å². The van der Waals surface area contributed by atoms with E-state index in [0.717, 1.165) is 29.3 Å². The Morgan fingerprint density at radius 3 is 2.74 bits per heavy atom. The molecular weight excluding hydrogens is 442 g/mol. The molecule has 1 aromatic carbocycles. The number of ether oxygens (including phenoxy) is 2. The van der Waals surface area contributed by atoms with Crippen LogP contribution in [0.3, 0.4) is 0 Å². The van der Waals surface area contributed by atoms with Crippen molar-refractivity contribution in [2.24, 2.45) is 4.99 Å². The fraction of sp³-hybridized carbons (Fsp3) is 0.550. The van der Waals surface area contributed by atoms with Gasteiger partial charge in [0.15, 0.2) is 4.80 Å². The van der Waals surface area contributed by atoms with E-state index in [1.165, 1.54) is 15.6 Å². The highest BCUT2D eigenvalue weighted by atomic mass is 32.2. The minimum Gasteiger partial charge on any atom is -0.462 e. The molecule has 1 saturated heterocycles. The number of nitrogens with zero attached hydrogens (tertiary/aromatic N) is 3. The van der Waals surface area contributed by atoms with Crippen molar-refractivity contribution in [3.8, 4) is 0 Å². The molecule has 1 aliphatic heterocycles. The van der Waals surface area contributed by atoms with Crippen LogP contribution in [0.15, 0.2) is 23.2 Å². The summed E-state index contributed by atoms with van der Waals surface area (Å²) >= 11 is 1.27. The number of fused-ring (bicyclic) bond motifs is 1. The lowest BCUT2D eigenvalue weighted by atomic mass is 10.0. The van der Waals surface area contributed by atoms with Crippen LogP contribution in [0.1, 0.15) is 36.5 Å². The summed E-state index contributed by atoms with van der Waals surface area (Å²) in [4.78, 5) is 29.8. The highest BCUT2D eigenvalue weighted by Crippen LogP contribution is 2.22. The zero-order chi connectivity index (χ0) is 22.6. The molecule has 0 saturated carbocycles. The fourth-order valence-electron chi connectivity index (χ4n) is 3.62. The number of carbonyl (C=O) groups excluding carboxylic acids is 2. The Labute approximate surface area is 185 Å². The molecule has 1 amide bonds. The summed E-state index contributed by atoms with van der Waals surface area (Å²) in [5, 5.41) is 0. The summed E-state index contributed by atoms with van der Waals surface area (Å²) < 4.78 is 38.4. The normalized spacial score (nSPS) is 18.4. The van der Waals surface area contributed by atoms with Gasteiger partial charge in [-0.2, -0.15) is 9.30 Å². The summed E-state index contributed by atoms with van der Waals surface area (Å²) in [7, 11) is -1.92. The van der Waals surface area contributed by atoms with Crippen LogP contribution in [0.4, 0.5) is 0 Å². The number of rotatable bonds is 7. The summed E-state index contributed by atoms with van der Waals surface area (Å²) in [6, 6.07) is 4.39. The SMILES string of the molecule is CCOC(=O)c1ccc2c(c1)sc(=NC(=O)C1CCCCN1S(C)(=O)=O)n2CCOC. The second-order valence-electron chi connectivity index (χ2n) is 7.27. The van der Waals surface area contributed by atoms with Crippen molar-refractivity contribution in [1.29, 1.82) is 0 Å². The van der Waals surface area contributed by atoms with E-state index in [2.05, 4.69) is 4.99 Å². The first-order valence-corrected chi connectivity index (χ1v) is 12.8. The Kier molecular flexibility index (Phi) is 7.63. The number of methoxy groups -OCH3 is 1. The number of aromatic nitrogens is 1. The van der Waals surface area contributed by atoms with Crippen molar-refractivity contribution in [3.05, 3.63) is 28.6 Å². The number of benzene rings is 1. The summed E-state index contributed by atoms with van der Waals surface area (Å²) in [6.45, 7) is 3.22. The van der Waals surface area contributed by atoms with Crippen LogP contribution in [0, 0.1) is 0 Å². The topological polar surface area (TPSA) is 107 Å². The molecule has 0 N–H and O–H groups in total. The average Bonchev–Trinajstić information content (AvgIpc) is 3.07. The van der Waals surface area contributed by atoms with Crippen molar-refractivity contribution >= 4 is 43.5 Å². The molecule has 11 heteroatoms. The predicted molar refractivity (Wildman–Crippen MR) is 117 cm³/mol. The molecule has 0 bridgehead atoms. The number of thiazole rings is 1. The van der Waals surface area contributed by atoms with Crippen molar-refractivity contribution in [2.75, 3.05) is 33.1 Å². The van der Waals surface area contributed by atoms with Gasteiger partial charge < -0.3 is 14.0 Å². The standard InChI is InChI=1S/C20H27N3O6S2/c1-4-29-19(25)14-8-9-15-17(13-14)30-20(22(15)11-12-28-2)21-18(24)16-7-5-6-10-23(16)31(3,26)27/h8-9,13,16H,4-7,10-12H2,1-3H3. The highest BCUT2D eigenvalue weighted by molar-refractivity contribution is 7.88. The first-order chi connectivity index (χ1) is 14.8. The number of piperidine rings is 1. The maximum absolute atomic E-state index is 13.0. The smallest absolute Gasteiger partial charge is 0.338 e. The monoisotopic (exact) mass is 469 g/mol. The molecule has 0 aliphatic carbocycles. The van der Waals surface area contributed by atoms with E-state index >= 15 is 0 Å². The first-order valence-electron chi connectivity index (χ1n) is 10.1. The molecule has 9 nitrogen and oxygen atoms in total. The Hall–Kier alpha value is -2.08. The van der Waals surface area contributed by atoms with Gasteiger partial charge in [-0.25, -0.2) is 13.2 Å². The second kappa shape index (κ2) is 10.0. The third-order valence-electron chi connectivity index (χ3n) is 5.08. The van der Waals surface area contributed by atoms with Gasteiger partial charge in [-0.3, -0.25) is 4.79 Å². The average molecular weight is 470 g/mol. The Morgan fingerprint density at radius 1 is 1.29 bits per heavy atom. The van der Waals surface area contributed by atoms with E-state index in [1.807, 2.05) is 4.57 Å². The van der Waals surface area contributed by atoms with Gasteiger partial charge in [0.1, 0.15) is 6.04 Å².